The molecule has 0 spiro atoms. The van der Waals surface area contributed by atoms with Crippen LogP contribution in [0.4, 0.5) is 0 Å². The summed E-state index contributed by atoms with van der Waals surface area (Å²) in [5.74, 6) is 0.886. The zero-order valence-electron chi connectivity index (χ0n) is 13.5. The van der Waals surface area contributed by atoms with Gasteiger partial charge in [-0.25, -0.2) is 0 Å². The van der Waals surface area contributed by atoms with Crippen molar-refractivity contribution >= 4 is 0 Å². The van der Waals surface area contributed by atoms with Crippen molar-refractivity contribution in [1.29, 1.82) is 0 Å². The molecular formula is C16H32N2O3. The summed E-state index contributed by atoms with van der Waals surface area (Å²) in [4.78, 5) is 2.53. The Labute approximate surface area is 129 Å². The van der Waals surface area contributed by atoms with Gasteiger partial charge in [-0.3, -0.25) is 0 Å². The molecule has 0 aromatic heterocycles. The third kappa shape index (κ3) is 8.12. The summed E-state index contributed by atoms with van der Waals surface area (Å²) in [7, 11) is 1.69. The lowest BCUT2D eigenvalue weighted by molar-refractivity contribution is 0.0173. The van der Waals surface area contributed by atoms with Crippen molar-refractivity contribution in [2.24, 2.45) is 5.92 Å². The maximum atomic E-state index is 5.61. The Morgan fingerprint density at radius 1 is 0.905 bits per heavy atom. The standard InChI is InChI=1S/C16H32N2O3/c1-19-10-11-21-13-12-20-9-8-18-6-4-15(5-7-18)14-17-16-2-3-16/h15-17H,2-14H2,1H3. The molecule has 2 fully saturated rings. The molecule has 1 saturated carbocycles. The smallest absolute Gasteiger partial charge is 0.0701 e. The number of hydrogen-bond donors (Lipinski definition) is 1. The summed E-state index contributed by atoms with van der Waals surface area (Å²) >= 11 is 0. The van der Waals surface area contributed by atoms with E-state index in [0.29, 0.717) is 26.4 Å². The van der Waals surface area contributed by atoms with Gasteiger partial charge in [-0.2, -0.15) is 0 Å². The van der Waals surface area contributed by atoms with Crippen molar-refractivity contribution in [3.8, 4) is 0 Å². The molecule has 0 bridgehead atoms. The molecule has 0 atom stereocenters. The molecule has 1 aliphatic heterocycles. The van der Waals surface area contributed by atoms with Gasteiger partial charge in [0.25, 0.3) is 0 Å². The van der Waals surface area contributed by atoms with E-state index in [9.17, 15) is 0 Å². The highest BCUT2D eigenvalue weighted by atomic mass is 16.5. The van der Waals surface area contributed by atoms with Crippen molar-refractivity contribution in [1.82, 2.24) is 10.2 Å². The largest absolute Gasteiger partial charge is 0.382 e. The summed E-state index contributed by atoms with van der Waals surface area (Å²) in [5, 5.41) is 3.66. The molecule has 1 heterocycles. The van der Waals surface area contributed by atoms with Crippen LogP contribution in [-0.4, -0.2) is 77.3 Å². The average Bonchev–Trinajstić information content (AvgIpc) is 3.33. The van der Waals surface area contributed by atoms with Crippen LogP contribution in [-0.2, 0) is 14.2 Å². The Balaban J connectivity index is 1.36. The highest BCUT2D eigenvalue weighted by molar-refractivity contribution is 4.83. The highest BCUT2D eigenvalue weighted by Crippen LogP contribution is 2.21. The third-order valence-corrected chi connectivity index (χ3v) is 4.34. The number of ether oxygens (including phenoxy) is 3. The molecule has 124 valence electrons. The SMILES string of the molecule is COCCOCCOCCN1CCC(CNC2CC2)CC1. The maximum Gasteiger partial charge on any atom is 0.0701 e. The normalized spacial score (nSPS) is 21.0. The Kier molecular flexibility index (Phi) is 8.59. The van der Waals surface area contributed by atoms with E-state index in [4.69, 9.17) is 14.2 Å². The summed E-state index contributed by atoms with van der Waals surface area (Å²) in [6, 6.07) is 0.850. The Morgan fingerprint density at radius 3 is 2.24 bits per heavy atom. The van der Waals surface area contributed by atoms with Crippen LogP contribution >= 0.6 is 0 Å². The van der Waals surface area contributed by atoms with Gasteiger partial charge in [0.15, 0.2) is 0 Å². The zero-order valence-corrected chi connectivity index (χ0v) is 13.5. The molecule has 5 nitrogen and oxygen atoms in total. The number of piperidine rings is 1. The molecule has 2 aliphatic rings. The van der Waals surface area contributed by atoms with E-state index in [1.54, 1.807) is 7.11 Å². The van der Waals surface area contributed by atoms with Gasteiger partial charge in [0.1, 0.15) is 0 Å². The first-order chi connectivity index (χ1) is 10.4. The summed E-state index contributed by atoms with van der Waals surface area (Å²) < 4.78 is 15.9. The van der Waals surface area contributed by atoms with E-state index in [0.717, 1.165) is 25.1 Å². The van der Waals surface area contributed by atoms with Gasteiger partial charge in [0, 0.05) is 19.7 Å². The minimum atomic E-state index is 0.655. The van der Waals surface area contributed by atoms with E-state index in [1.165, 1.54) is 45.3 Å². The Morgan fingerprint density at radius 2 is 1.57 bits per heavy atom. The summed E-state index contributed by atoms with van der Waals surface area (Å²) in [6.07, 6.45) is 5.45. The number of hydrogen-bond acceptors (Lipinski definition) is 5. The molecule has 0 amide bonds. The van der Waals surface area contributed by atoms with Gasteiger partial charge in [-0.05, 0) is 51.2 Å². The summed E-state index contributed by atoms with van der Waals surface area (Å²) in [5.41, 5.74) is 0. The predicted molar refractivity (Wildman–Crippen MR) is 83.7 cm³/mol. The van der Waals surface area contributed by atoms with Gasteiger partial charge in [0.05, 0.1) is 33.0 Å². The molecule has 1 N–H and O–H groups in total. The van der Waals surface area contributed by atoms with Crippen molar-refractivity contribution in [2.75, 3.05) is 66.3 Å². The molecule has 2 rings (SSSR count). The Bertz CT molecular complexity index is 254. The van der Waals surface area contributed by atoms with E-state index < -0.39 is 0 Å². The molecular weight excluding hydrogens is 268 g/mol. The zero-order chi connectivity index (χ0) is 14.8. The van der Waals surface area contributed by atoms with E-state index in [1.807, 2.05) is 0 Å². The second-order valence-corrected chi connectivity index (χ2v) is 6.19. The third-order valence-electron chi connectivity index (χ3n) is 4.34. The Hall–Kier alpha value is -0.200. The van der Waals surface area contributed by atoms with Crippen LogP contribution in [0.1, 0.15) is 25.7 Å². The van der Waals surface area contributed by atoms with Gasteiger partial charge in [0.2, 0.25) is 0 Å². The minimum Gasteiger partial charge on any atom is -0.382 e. The number of likely N-dealkylation sites (tertiary alicyclic amines) is 1. The van der Waals surface area contributed by atoms with Crippen LogP contribution in [0, 0.1) is 5.92 Å². The number of methoxy groups -OCH3 is 1. The summed E-state index contributed by atoms with van der Waals surface area (Å²) in [6.45, 7) is 8.22. The van der Waals surface area contributed by atoms with Crippen LogP contribution < -0.4 is 5.32 Å². The lowest BCUT2D eigenvalue weighted by Crippen LogP contribution is -2.39. The molecule has 0 aromatic rings. The molecule has 1 aliphatic carbocycles. The topological polar surface area (TPSA) is 43.0 Å². The molecule has 0 aromatic carbocycles. The molecule has 21 heavy (non-hydrogen) atoms. The lowest BCUT2D eigenvalue weighted by atomic mass is 9.97. The van der Waals surface area contributed by atoms with Gasteiger partial charge < -0.3 is 24.4 Å². The molecule has 5 heteroatoms. The number of nitrogens with zero attached hydrogens (tertiary/aromatic N) is 1. The molecule has 1 saturated heterocycles. The molecule has 0 unspecified atom stereocenters. The van der Waals surface area contributed by atoms with Crippen LogP contribution in [0.25, 0.3) is 0 Å². The fraction of sp³-hybridized carbons (Fsp3) is 1.00. The second-order valence-electron chi connectivity index (χ2n) is 6.19. The minimum absolute atomic E-state index is 0.655. The number of rotatable bonds is 12. The number of nitrogens with one attached hydrogen (secondary N) is 1. The first kappa shape index (κ1) is 17.2. The molecule has 0 radical (unpaired) electrons. The monoisotopic (exact) mass is 300 g/mol. The van der Waals surface area contributed by atoms with E-state index >= 15 is 0 Å². The first-order valence-electron chi connectivity index (χ1n) is 8.48. The first-order valence-corrected chi connectivity index (χ1v) is 8.48. The van der Waals surface area contributed by atoms with Gasteiger partial charge >= 0.3 is 0 Å². The second kappa shape index (κ2) is 10.5. The maximum absolute atomic E-state index is 5.61. The predicted octanol–water partition coefficient (Wildman–Crippen LogP) is 1.13. The van der Waals surface area contributed by atoms with Crippen LogP contribution in [0.15, 0.2) is 0 Å². The fourth-order valence-electron chi connectivity index (χ4n) is 2.69. The highest BCUT2D eigenvalue weighted by Gasteiger charge is 2.24. The van der Waals surface area contributed by atoms with Crippen LogP contribution in [0.2, 0.25) is 0 Å². The fourth-order valence-corrected chi connectivity index (χ4v) is 2.69. The van der Waals surface area contributed by atoms with Crippen LogP contribution in [0.5, 0.6) is 0 Å². The van der Waals surface area contributed by atoms with Crippen molar-refractivity contribution in [3.63, 3.8) is 0 Å². The van der Waals surface area contributed by atoms with Gasteiger partial charge in [-0.1, -0.05) is 0 Å². The van der Waals surface area contributed by atoms with E-state index in [2.05, 4.69) is 10.2 Å². The average molecular weight is 300 g/mol. The van der Waals surface area contributed by atoms with Crippen molar-refractivity contribution in [2.45, 2.75) is 31.7 Å². The van der Waals surface area contributed by atoms with Crippen molar-refractivity contribution < 1.29 is 14.2 Å². The van der Waals surface area contributed by atoms with E-state index in [-0.39, 0.29) is 0 Å². The van der Waals surface area contributed by atoms with Crippen LogP contribution in [0.3, 0.4) is 0 Å². The quantitative estimate of drug-likeness (QED) is 0.547. The van der Waals surface area contributed by atoms with Crippen molar-refractivity contribution in [3.05, 3.63) is 0 Å². The lowest BCUT2D eigenvalue weighted by Gasteiger charge is -2.32. The van der Waals surface area contributed by atoms with Gasteiger partial charge in [-0.15, -0.1) is 0 Å².